The van der Waals surface area contributed by atoms with Crippen LogP contribution in [0.5, 0.6) is 0 Å². The maximum absolute atomic E-state index is 12.3. The summed E-state index contributed by atoms with van der Waals surface area (Å²) in [4.78, 5) is 52.5. The Morgan fingerprint density at radius 3 is 1.33 bits per heavy atom. The van der Waals surface area contributed by atoms with Crippen molar-refractivity contribution in [2.24, 2.45) is 11.8 Å². The SMILES string of the molecule is CCOC(=O)C1C[C@@H](C)N([C@@H](C)c2ccccc2)CC1=O.CCOC(=O)C1C[C@H](C)N([C@@H](C)c2ccccc2)CC1=O. The van der Waals surface area contributed by atoms with Gasteiger partial charge in [0, 0.05) is 24.2 Å². The van der Waals surface area contributed by atoms with Crippen LogP contribution in [0.1, 0.15) is 77.6 Å². The molecule has 42 heavy (non-hydrogen) atoms. The molecule has 0 saturated carbocycles. The van der Waals surface area contributed by atoms with Crippen LogP contribution >= 0.6 is 0 Å². The smallest absolute Gasteiger partial charge is 0.316 e. The first-order valence-electron chi connectivity index (χ1n) is 15.1. The zero-order valence-electron chi connectivity index (χ0n) is 25.8. The molecule has 4 rings (SSSR count). The van der Waals surface area contributed by atoms with E-state index in [2.05, 4.69) is 61.8 Å². The van der Waals surface area contributed by atoms with Gasteiger partial charge in [-0.15, -0.1) is 0 Å². The van der Waals surface area contributed by atoms with Crippen molar-refractivity contribution in [1.82, 2.24) is 9.80 Å². The second-order valence-electron chi connectivity index (χ2n) is 11.2. The molecule has 8 heteroatoms. The van der Waals surface area contributed by atoms with Gasteiger partial charge in [0.05, 0.1) is 26.3 Å². The third kappa shape index (κ3) is 8.35. The number of rotatable bonds is 8. The number of carbonyl (C=O) groups excluding carboxylic acids is 4. The number of likely N-dealkylation sites (tertiary alicyclic amines) is 2. The van der Waals surface area contributed by atoms with E-state index in [0.717, 1.165) is 0 Å². The summed E-state index contributed by atoms with van der Waals surface area (Å²) in [6.07, 6.45) is 1.07. The number of esters is 2. The van der Waals surface area contributed by atoms with E-state index in [4.69, 9.17) is 9.47 Å². The molecule has 2 unspecified atom stereocenters. The van der Waals surface area contributed by atoms with E-state index >= 15 is 0 Å². The van der Waals surface area contributed by atoms with E-state index in [-0.39, 0.29) is 47.7 Å². The van der Waals surface area contributed by atoms with Crippen LogP contribution in [0, 0.1) is 11.8 Å². The average molecular weight is 579 g/mol. The van der Waals surface area contributed by atoms with Crippen molar-refractivity contribution in [3.8, 4) is 0 Å². The van der Waals surface area contributed by atoms with Gasteiger partial charge < -0.3 is 9.47 Å². The van der Waals surface area contributed by atoms with Gasteiger partial charge in [0.25, 0.3) is 0 Å². The van der Waals surface area contributed by atoms with Crippen LogP contribution in [-0.4, -0.2) is 71.7 Å². The fraction of sp³-hybridized carbons (Fsp3) is 0.529. The number of nitrogens with zero attached hydrogens (tertiary/aromatic N) is 2. The standard InChI is InChI=1S/2C17H23NO3/c2*1-4-21-17(20)15-10-12(2)18(11-16(15)19)13(3)14-8-6-5-7-9-14/h2*5-9,12-13,15H,4,10-11H2,1-3H3/t12-,13+,15?;12-,13-,15?/m10/s1. The minimum absolute atomic E-state index is 0.0330. The largest absolute Gasteiger partial charge is 0.465 e. The van der Waals surface area contributed by atoms with E-state index in [1.54, 1.807) is 13.8 Å². The number of carbonyl (C=O) groups is 4. The number of hydrogen-bond acceptors (Lipinski definition) is 8. The zero-order valence-corrected chi connectivity index (χ0v) is 25.8. The Kier molecular flexibility index (Phi) is 12.4. The molecule has 0 spiro atoms. The van der Waals surface area contributed by atoms with Crippen molar-refractivity contribution < 1.29 is 28.7 Å². The minimum Gasteiger partial charge on any atom is -0.465 e. The summed E-state index contributed by atoms with van der Waals surface area (Å²) in [5.74, 6) is -2.01. The lowest BCUT2D eigenvalue weighted by molar-refractivity contribution is -0.156. The molecule has 2 heterocycles. The number of hydrogen-bond donors (Lipinski definition) is 0. The lowest BCUT2D eigenvalue weighted by Crippen LogP contribution is -2.49. The topological polar surface area (TPSA) is 93.2 Å². The molecule has 0 aromatic heterocycles. The maximum Gasteiger partial charge on any atom is 0.316 e. The number of ether oxygens (including phenoxy) is 2. The highest BCUT2D eigenvalue weighted by atomic mass is 16.5. The van der Waals surface area contributed by atoms with Crippen molar-refractivity contribution in [3.63, 3.8) is 0 Å². The Labute approximate surface area is 250 Å². The van der Waals surface area contributed by atoms with Crippen LogP contribution in [0.25, 0.3) is 0 Å². The van der Waals surface area contributed by atoms with Gasteiger partial charge in [-0.2, -0.15) is 0 Å². The Balaban J connectivity index is 0.000000230. The van der Waals surface area contributed by atoms with Crippen molar-refractivity contribution in [3.05, 3.63) is 71.8 Å². The first-order valence-corrected chi connectivity index (χ1v) is 15.1. The van der Waals surface area contributed by atoms with E-state index in [1.165, 1.54) is 11.1 Å². The summed E-state index contributed by atoms with van der Waals surface area (Å²) < 4.78 is 10.0. The molecule has 2 aliphatic heterocycles. The summed E-state index contributed by atoms with van der Waals surface area (Å²) >= 11 is 0. The summed E-state index contributed by atoms with van der Waals surface area (Å²) in [6, 6.07) is 20.9. The van der Waals surface area contributed by atoms with Crippen LogP contribution in [0.4, 0.5) is 0 Å². The molecule has 0 N–H and O–H groups in total. The monoisotopic (exact) mass is 578 g/mol. The Bertz CT molecular complexity index is 1090. The lowest BCUT2D eigenvalue weighted by Gasteiger charge is -2.39. The molecule has 0 amide bonds. The van der Waals surface area contributed by atoms with Crippen LogP contribution in [0.15, 0.2) is 60.7 Å². The highest BCUT2D eigenvalue weighted by molar-refractivity contribution is 6.01. The van der Waals surface area contributed by atoms with Gasteiger partial charge in [0.1, 0.15) is 11.8 Å². The predicted octanol–water partition coefficient (Wildman–Crippen LogP) is 5.18. The van der Waals surface area contributed by atoms with Gasteiger partial charge in [-0.3, -0.25) is 29.0 Å². The van der Waals surface area contributed by atoms with Crippen molar-refractivity contribution in [2.45, 2.75) is 78.6 Å². The van der Waals surface area contributed by atoms with Gasteiger partial charge in [-0.05, 0) is 65.5 Å². The van der Waals surface area contributed by atoms with Crippen LogP contribution < -0.4 is 0 Å². The molecule has 6 atom stereocenters. The summed E-state index contributed by atoms with van der Waals surface area (Å²) in [7, 11) is 0. The Morgan fingerprint density at radius 2 is 1.02 bits per heavy atom. The van der Waals surface area contributed by atoms with Gasteiger partial charge in [-0.1, -0.05) is 60.7 Å². The van der Waals surface area contributed by atoms with E-state index in [1.807, 2.05) is 36.4 Å². The Morgan fingerprint density at radius 1 is 0.690 bits per heavy atom. The molecule has 0 bridgehead atoms. The van der Waals surface area contributed by atoms with Gasteiger partial charge in [0.15, 0.2) is 11.6 Å². The van der Waals surface area contributed by atoms with E-state index < -0.39 is 11.8 Å². The fourth-order valence-corrected chi connectivity index (χ4v) is 5.93. The molecule has 8 nitrogen and oxygen atoms in total. The highest BCUT2D eigenvalue weighted by Gasteiger charge is 2.40. The van der Waals surface area contributed by atoms with Gasteiger partial charge in [-0.25, -0.2) is 0 Å². The number of Topliss-reactive ketones (excluding diaryl/α,β-unsaturated/α-hetero) is 2. The molecular weight excluding hydrogens is 532 g/mol. The van der Waals surface area contributed by atoms with Crippen molar-refractivity contribution >= 4 is 23.5 Å². The lowest BCUT2D eigenvalue weighted by atomic mass is 9.88. The van der Waals surface area contributed by atoms with E-state index in [9.17, 15) is 19.2 Å². The first-order chi connectivity index (χ1) is 20.1. The molecule has 2 aliphatic rings. The number of ketones is 2. The van der Waals surface area contributed by atoms with E-state index in [0.29, 0.717) is 39.1 Å². The Hall–Kier alpha value is -3.36. The van der Waals surface area contributed by atoms with Crippen molar-refractivity contribution in [1.29, 1.82) is 0 Å². The normalized spacial score (nSPS) is 24.6. The van der Waals surface area contributed by atoms with Crippen LogP contribution in [0.2, 0.25) is 0 Å². The van der Waals surface area contributed by atoms with Crippen molar-refractivity contribution in [2.75, 3.05) is 26.3 Å². The van der Waals surface area contributed by atoms with Gasteiger partial charge >= 0.3 is 11.9 Å². The predicted molar refractivity (Wildman–Crippen MR) is 162 cm³/mol. The second kappa shape index (κ2) is 15.8. The molecule has 2 fully saturated rings. The molecule has 2 aromatic rings. The molecule has 2 aromatic carbocycles. The number of benzene rings is 2. The maximum atomic E-state index is 12.3. The van der Waals surface area contributed by atoms with Crippen LogP contribution in [0.3, 0.4) is 0 Å². The molecular formula is C34H46N2O6. The highest BCUT2D eigenvalue weighted by Crippen LogP contribution is 2.31. The first kappa shape index (κ1) is 33.1. The minimum atomic E-state index is -0.598. The zero-order chi connectivity index (χ0) is 30.8. The molecule has 228 valence electrons. The quantitative estimate of drug-likeness (QED) is 0.313. The summed E-state index contributed by atoms with van der Waals surface area (Å²) in [5, 5.41) is 0. The third-order valence-electron chi connectivity index (χ3n) is 8.44. The fourth-order valence-electron chi connectivity index (χ4n) is 5.93. The second-order valence-corrected chi connectivity index (χ2v) is 11.2. The molecule has 0 aliphatic carbocycles. The molecule has 2 saturated heterocycles. The van der Waals surface area contributed by atoms with Gasteiger partial charge in [0.2, 0.25) is 0 Å². The summed E-state index contributed by atoms with van der Waals surface area (Å²) in [6.45, 7) is 13.1. The third-order valence-corrected chi connectivity index (χ3v) is 8.44. The van der Waals surface area contributed by atoms with Crippen LogP contribution in [-0.2, 0) is 28.7 Å². The molecule has 0 radical (unpaired) electrons. The average Bonchev–Trinajstić information content (AvgIpc) is 2.99. The summed E-state index contributed by atoms with van der Waals surface area (Å²) in [5.41, 5.74) is 2.37. The number of piperidine rings is 2.